The van der Waals surface area contributed by atoms with Gasteiger partial charge in [-0.05, 0) is 12.8 Å². The molecule has 0 unspecified atom stereocenters. The van der Waals surface area contributed by atoms with Gasteiger partial charge in [-0.15, -0.1) is 0 Å². The minimum Gasteiger partial charge on any atom is -0.481 e. The highest BCUT2D eigenvalue weighted by atomic mass is 16.4. The lowest BCUT2D eigenvalue weighted by molar-refractivity contribution is -0.136. The molecule has 0 radical (unpaired) electrons. The lowest BCUT2D eigenvalue weighted by Crippen LogP contribution is -2.28. The average Bonchev–Trinajstić information content (AvgIpc) is 2.39. The van der Waals surface area contributed by atoms with E-state index < -0.39 is 5.97 Å². The Kier molecular flexibility index (Phi) is 3.11. The molecule has 1 aliphatic rings. The first-order chi connectivity index (χ1) is 5.29. The van der Waals surface area contributed by atoms with Gasteiger partial charge in [0.15, 0.2) is 0 Å². The van der Waals surface area contributed by atoms with E-state index in [2.05, 4.69) is 17.5 Å². The number of carboxylic acids is 1. The van der Waals surface area contributed by atoms with Crippen molar-refractivity contribution in [1.29, 1.82) is 0 Å². The van der Waals surface area contributed by atoms with E-state index in [1.807, 2.05) is 0 Å². The minimum atomic E-state index is -0.733. The summed E-state index contributed by atoms with van der Waals surface area (Å²) in [5.74, 6) is -0.733. The molecule has 0 fully saturated rings. The smallest absolute Gasteiger partial charge is 0.304 e. The van der Waals surface area contributed by atoms with Crippen LogP contribution < -0.4 is 5.32 Å². The number of nitrogens with one attached hydrogen (secondary N) is 1. The van der Waals surface area contributed by atoms with Gasteiger partial charge in [0.2, 0.25) is 0 Å². The van der Waals surface area contributed by atoms with Crippen molar-refractivity contribution in [2.24, 2.45) is 0 Å². The number of hydrogen-bond acceptors (Lipinski definition) is 2. The highest BCUT2D eigenvalue weighted by molar-refractivity contribution is 5.66. The summed E-state index contributed by atoms with van der Waals surface area (Å²) in [7, 11) is 0. The molecule has 62 valence electrons. The molecule has 2 N–H and O–H groups in total. The first kappa shape index (κ1) is 8.27. The Hall–Kier alpha value is -0.830. The molecule has 1 aliphatic carbocycles. The topological polar surface area (TPSA) is 49.3 Å². The van der Waals surface area contributed by atoms with Gasteiger partial charge in [0.25, 0.3) is 0 Å². The van der Waals surface area contributed by atoms with Crippen LogP contribution in [0.2, 0.25) is 0 Å². The Morgan fingerprint density at radius 2 is 2.18 bits per heavy atom. The van der Waals surface area contributed by atoms with Gasteiger partial charge < -0.3 is 10.4 Å². The highest BCUT2D eigenvalue weighted by Crippen LogP contribution is 2.08. The third-order valence-corrected chi connectivity index (χ3v) is 1.78. The fraction of sp³-hybridized carbons (Fsp3) is 0.625. The third kappa shape index (κ3) is 3.18. The summed E-state index contributed by atoms with van der Waals surface area (Å²) in [6.07, 6.45) is 6.55. The van der Waals surface area contributed by atoms with Crippen molar-refractivity contribution in [3.63, 3.8) is 0 Å². The third-order valence-electron chi connectivity index (χ3n) is 1.78. The second-order valence-corrected chi connectivity index (χ2v) is 2.74. The summed E-state index contributed by atoms with van der Waals surface area (Å²) < 4.78 is 0. The van der Waals surface area contributed by atoms with Gasteiger partial charge in [-0.2, -0.15) is 0 Å². The molecule has 0 atom stereocenters. The summed E-state index contributed by atoms with van der Waals surface area (Å²) >= 11 is 0. The van der Waals surface area contributed by atoms with E-state index >= 15 is 0 Å². The van der Waals surface area contributed by atoms with Crippen molar-refractivity contribution < 1.29 is 9.90 Å². The van der Waals surface area contributed by atoms with Crippen molar-refractivity contribution in [2.75, 3.05) is 6.54 Å². The van der Waals surface area contributed by atoms with Gasteiger partial charge in [-0.1, -0.05) is 12.2 Å². The van der Waals surface area contributed by atoms with Crippen molar-refractivity contribution in [3.05, 3.63) is 12.2 Å². The van der Waals surface area contributed by atoms with Gasteiger partial charge in [0, 0.05) is 12.6 Å². The van der Waals surface area contributed by atoms with Crippen molar-refractivity contribution in [2.45, 2.75) is 25.3 Å². The molecule has 0 heterocycles. The van der Waals surface area contributed by atoms with Crippen LogP contribution >= 0.6 is 0 Å². The summed E-state index contributed by atoms with van der Waals surface area (Å²) in [6.45, 7) is 0.585. The predicted octanol–water partition coefficient (Wildman–Crippen LogP) is 0.769. The SMILES string of the molecule is O=C(O)CCNC1CC=CC1. The molecule has 0 amide bonds. The number of carboxylic acid groups (broad SMARTS) is 1. The standard InChI is InChI=1S/C8H13NO2/c10-8(11)5-6-9-7-3-1-2-4-7/h1-2,7,9H,3-6H2,(H,10,11). The lowest BCUT2D eigenvalue weighted by Gasteiger charge is -2.09. The van der Waals surface area contributed by atoms with E-state index in [-0.39, 0.29) is 6.42 Å². The molecule has 0 aromatic heterocycles. The number of aliphatic carboxylic acids is 1. The van der Waals surface area contributed by atoms with E-state index in [9.17, 15) is 4.79 Å². The van der Waals surface area contributed by atoms with Crippen molar-refractivity contribution in [1.82, 2.24) is 5.32 Å². The van der Waals surface area contributed by atoms with Crippen LogP contribution in [0.4, 0.5) is 0 Å². The molecule has 0 aliphatic heterocycles. The van der Waals surface area contributed by atoms with E-state index in [4.69, 9.17) is 5.11 Å². The maximum atomic E-state index is 10.1. The van der Waals surface area contributed by atoms with E-state index in [0.717, 1.165) is 12.8 Å². The van der Waals surface area contributed by atoms with Gasteiger partial charge >= 0.3 is 5.97 Å². The highest BCUT2D eigenvalue weighted by Gasteiger charge is 2.08. The average molecular weight is 155 g/mol. The van der Waals surface area contributed by atoms with Gasteiger partial charge in [-0.25, -0.2) is 0 Å². The van der Waals surface area contributed by atoms with Gasteiger partial charge in [0.05, 0.1) is 6.42 Å². The molecule has 3 nitrogen and oxygen atoms in total. The van der Waals surface area contributed by atoms with E-state index in [1.54, 1.807) is 0 Å². The first-order valence-corrected chi connectivity index (χ1v) is 3.89. The first-order valence-electron chi connectivity index (χ1n) is 3.89. The zero-order chi connectivity index (χ0) is 8.10. The van der Waals surface area contributed by atoms with Crippen LogP contribution in [0.25, 0.3) is 0 Å². The van der Waals surface area contributed by atoms with Gasteiger partial charge in [-0.3, -0.25) is 4.79 Å². The molecule has 0 aromatic carbocycles. The molecule has 1 rings (SSSR count). The van der Waals surface area contributed by atoms with E-state index in [1.165, 1.54) is 0 Å². The van der Waals surface area contributed by atoms with Crippen molar-refractivity contribution in [3.8, 4) is 0 Å². The molecular weight excluding hydrogens is 142 g/mol. The van der Waals surface area contributed by atoms with Crippen LogP contribution in [-0.4, -0.2) is 23.7 Å². The number of hydrogen-bond donors (Lipinski definition) is 2. The Bertz CT molecular complexity index is 157. The van der Waals surface area contributed by atoms with Crippen LogP contribution in [0.15, 0.2) is 12.2 Å². The Morgan fingerprint density at radius 1 is 1.55 bits per heavy atom. The number of rotatable bonds is 4. The summed E-state index contributed by atoms with van der Waals surface area (Å²) in [4.78, 5) is 10.1. The molecular formula is C8H13NO2. The summed E-state index contributed by atoms with van der Waals surface area (Å²) in [5, 5.41) is 11.5. The maximum Gasteiger partial charge on any atom is 0.304 e. The molecule has 0 spiro atoms. The van der Waals surface area contributed by atoms with Crippen LogP contribution in [0.1, 0.15) is 19.3 Å². The number of carbonyl (C=O) groups is 1. The molecule has 11 heavy (non-hydrogen) atoms. The maximum absolute atomic E-state index is 10.1. The molecule has 0 bridgehead atoms. The second-order valence-electron chi connectivity index (χ2n) is 2.74. The van der Waals surface area contributed by atoms with E-state index in [0.29, 0.717) is 12.6 Å². The molecule has 0 saturated carbocycles. The normalized spacial score (nSPS) is 17.5. The molecule has 0 aromatic rings. The summed E-state index contributed by atoms with van der Waals surface area (Å²) in [5.41, 5.74) is 0. The Labute approximate surface area is 66.1 Å². The van der Waals surface area contributed by atoms with Gasteiger partial charge in [0.1, 0.15) is 0 Å². The predicted molar refractivity (Wildman–Crippen MR) is 42.4 cm³/mol. The van der Waals surface area contributed by atoms with Crippen LogP contribution in [0.5, 0.6) is 0 Å². The quantitative estimate of drug-likeness (QED) is 0.589. The Morgan fingerprint density at radius 3 is 2.73 bits per heavy atom. The fourth-order valence-electron chi connectivity index (χ4n) is 1.17. The fourth-order valence-corrected chi connectivity index (χ4v) is 1.17. The minimum absolute atomic E-state index is 0.219. The molecule has 3 heteroatoms. The molecule has 0 saturated heterocycles. The zero-order valence-corrected chi connectivity index (χ0v) is 6.42. The van der Waals surface area contributed by atoms with Crippen LogP contribution in [-0.2, 0) is 4.79 Å². The lowest BCUT2D eigenvalue weighted by atomic mass is 10.2. The second kappa shape index (κ2) is 4.13. The largest absolute Gasteiger partial charge is 0.481 e. The Balaban J connectivity index is 1.99. The van der Waals surface area contributed by atoms with Crippen LogP contribution in [0.3, 0.4) is 0 Å². The monoisotopic (exact) mass is 155 g/mol. The van der Waals surface area contributed by atoms with Crippen molar-refractivity contribution >= 4 is 5.97 Å². The summed E-state index contributed by atoms with van der Waals surface area (Å²) in [6, 6.07) is 0.481. The zero-order valence-electron chi connectivity index (χ0n) is 6.42. The van der Waals surface area contributed by atoms with Crippen LogP contribution in [0, 0.1) is 0 Å².